The van der Waals surface area contributed by atoms with Crippen molar-refractivity contribution in [3.8, 4) is 0 Å². The third-order valence-corrected chi connectivity index (χ3v) is 4.02. The first-order valence-corrected chi connectivity index (χ1v) is 7.73. The van der Waals surface area contributed by atoms with Crippen LogP contribution >= 0.6 is 0 Å². The predicted molar refractivity (Wildman–Crippen MR) is 82.7 cm³/mol. The summed E-state index contributed by atoms with van der Waals surface area (Å²) in [7, 11) is 0. The Kier molecular flexibility index (Phi) is 3.92. The number of nitrogens with zero attached hydrogens (tertiary/aromatic N) is 4. The minimum atomic E-state index is -0.0814. The molecule has 6 nitrogen and oxygen atoms in total. The lowest BCUT2D eigenvalue weighted by molar-refractivity contribution is 0.0925. The zero-order valence-electron chi connectivity index (χ0n) is 13.3. The van der Waals surface area contributed by atoms with Crippen molar-refractivity contribution in [2.75, 3.05) is 0 Å². The van der Waals surface area contributed by atoms with E-state index in [1.807, 2.05) is 27.0 Å². The van der Waals surface area contributed by atoms with E-state index < -0.39 is 0 Å². The average Bonchev–Trinajstić information content (AvgIpc) is 2.86. The number of aromatic nitrogens is 4. The molecule has 3 heterocycles. The molecular weight excluding hydrogens is 278 g/mol. The quantitative estimate of drug-likeness (QED) is 0.934. The summed E-state index contributed by atoms with van der Waals surface area (Å²) in [6.45, 7) is 6.61. The minimum absolute atomic E-state index is 0.0814. The number of rotatable bonds is 3. The highest BCUT2D eigenvalue weighted by molar-refractivity contribution is 5.95. The van der Waals surface area contributed by atoms with Crippen LogP contribution in [-0.4, -0.2) is 31.5 Å². The van der Waals surface area contributed by atoms with Crippen LogP contribution < -0.4 is 5.32 Å². The summed E-state index contributed by atoms with van der Waals surface area (Å²) in [6.07, 6.45) is 6.20. The van der Waals surface area contributed by atoms with Crippen molar-refractivity contribution in [3.05, 3.63) is 41.0 Å². The Morgan fingerprint density at radius 3 is 3.00 bits per heavy atom. The van der Waals surface area contributed by atoms with E-state index in [1.165, 1.54) is 0 Å². The Balaban J connectivity index is 1.73. The standard InChI is InChI=1S/C16H21N5O/c1-4-14-13(7-17-11(3)19-14)16(22)20-12-5-6-15-18-10(2)8-21(15)9-12/h7-8,12H,4-6,9H2,1-3H3,(H,20,22). The second kappa shape index (κ2) is 5.87. The molecule has 2 aromatic rings. The van der Waals surface area contributed by atoms with Gasteiger partial charge in [0.25, 0.3) is 5.91 Å². The van der Waals surface area contributed by atoms with Crippen LogP contribution in [0.1, 0.15) is 46.7 Å². The number of hydrogen-bond donors (Lipinski definition) is 1. The van der Waals surface area contributed by atoms with Crippen LogP contribution in [-0.2, 0) is 19.4 Å². The van der Waals surface area contributed by atoms with Gasteiger partial charge in [0.2, 0.25) is 0 Å². The summed E-state index contributed by atoms with van der Waals surface area (Å²) in [6, 6.07) is 0.125. The lowest BCUT2D eigenvalue weighted by Crippen LogP contribution is -2.41. The van der Waals surface area contributed by atoms with Gasteiger partial charge < -0.3 is 9.88 Å². The SMILES string of the molecule is CCc1nc(C)ncc1C(=O)NC1CCc2nc(C)cn2C1. The number of aryl methyl sites for hydroxylation is 4. The van der Waals surface area contributed by atoms with Gasteiger partial charge in [-0.05, 0) is 26.7 Å². The molecular formula is C16H21N5O. The van der Waals surface area contributed by atoms with Crippen molar-refractivity contribution in [1.29, 1.82) is 0 Å². The van der Waals surface area contributed by atoms with E-state index in [-0.39, 0.29) is 11.9 Å². The van der Waals surface area contributed by atoms with Gasteiger partial charge in [-0.25, -0.2) is 15.0 Å². The van der Waals surface area contributed by atoms with E-state index in [0.29, 0.717) is 11.4 Å². The monoisotopic (exact) mass is 299 g/mol. The van der Waals surface area contributed by atoms with Crippen molar-refractivity contribution in [2.24, 2.45) is 0 Å². The molecule has 1 atom stereocenters. The highest BCUT2D eigenvalue weighted by Gasteiger charge is 2.23. The smallest absolute Gasteiger partial charge is 0.254 e. The number of carbonyl (C=O) groups is 1. The van der Waals surface area contributed by atoms with Gasteiger partial charge in [-0.1, -0.05) is 6.92 Å². The molecule has 0 saturated carbocycles. The third-order valence-electron chi connectivity index (χ3n) is 4.02. The molecule has 1 aliphatic heterocycles. The molecule has 6 heteroatoms. The Bertz CT molecular complexity index is 707. The lowest BCUT2D eigenvalue weighted by atomic mass is 10.1. The molecule has 3 rings (SSSR count). The normalized spacial score (nSPS) is 17.1. The molecule has 0 saturated heterocycles. The molecule has 0 aromatic carbocycles. The summed E-state index contributed by atoms with van der Waals surface area (Å²) in [4.78, 5) is 25.5. The second-order valence-electron chi connectivity index (χ2n) is 5.79. The maximum Gasteiger partial charge on any atom is 0.254 e. The summed E-state index contributed by atoms with van der Waals surface area (Å²) < 4.78 is 2.14. The summed E-state index contributed by atoms with van der Waals surface area (Å²) >= 11 is 0. The van der Waals surface area contributed by atoms with Crippen LogP contribution in [0.15, 0.2) is 12.4 Å². The molecule has 116 valence electrons. The van der Waals surface area contributed by atoms with E-state index in [0.717, 1.165) is 43.0 Å². The number of nitrogens with one attached hydrogen (secondary N) is 1. The molecule has 0 aliphatic carbocycles. The van der Waals surface area contributed by atoms with Gasteiger partial charge in [-0.3, -0.25) is 4.79 Å². The molecule has 1 amide bonds. The van der Waals surface area contributed by atoms with Gasteiger partial charge in [0.15, 0.2) is 0 Å². The highest BCUT2D eigenvalue weighted by atomic mass is 16.1. The van der Waals surface area contributed by atoms with Gasteiger partial charge in [0, 0.05) is 31.4 Å². The molecule has 0 fully saturated rings. The fourth-order valence-electron chi connectivity index (χ4n) is 2.94. The van der Waals surface area contributed by atoms with Crippen molar-refractivity contribution in [2.45, 2.75) is 52.6 Å². The summed E-state index contributed by atoms with van der Waals surface area (Å²) in [5.74, 6) is 1.72. The first-order chi connectivity index (χ1) is 10.6. The fourth-order valence-corrected chi connectivity index (χ4v) is 2.94. The molecule has 1 aliphatic rings. The fraction of sp³-hybridized carbons (Fsp3) is 0.500. The van der Waals surface area contributed by atoms with Crippen LogP contribution in [0, 0.1) is 13.8 Å². The molecule has 22 heavy (non-hydrogen) atoms. The predicted octanol–water partition coefficient (Wildman–Crippen LogP) is 1.60. The van der Waals surface area contributed by atoms with Crippen molar-refractivity contribution in [3.63, 3.8) is 0 Å². The first kappa shape index (κ1) is 14.7. The first-order valence-electron chi connectivity index (χ1n) is 7.73. The second-order valence-corrected chi connectivity index (χ2v) is 5.79. The summed E-state index contributed by atoms with van der Waals surface area (Å²) in [5.41, 5.74) is 2.42. The zero-order valence-corrected chi connectivity index (χ0v) is 13.3. The molecule has 1 N–H and O–H groups in total. The van der Waals surface area contributed by atoms with Gasteiger partial charge in [-0.15, -0.1) is 0 Å². The number of fused-ring (bicyclic) bond motifs is 1. The third kappa shape index (κ3) is 2.86. The molecule has 0 bridgehead atoms. The zero-order chi connectivity index (χ0) is 15.7. The van der Waals surface area contributed by atoms with Crippen LogP contribution in [0.4, 0.5) is 0 Å². The molecule has 0 radical (unpaired) electrons. The van der Waals surface area contributed by atoms with E-state index in [4.69, 9.17) is 0 Å². The van der Waals surface area contributed by atoms with Crippen LogP contribution in [0.3, 0.4) is 0 Å². The van der Waals surface area contributed by atoms with E-state index in [2.05, 4.69) is 24.8 Å². The van der Waals surface area contributed by atoms with Crippen LogP contribution in [0.25, 0.3) is 0 Å². The number of hydrogen-bond acceptors (Lipinski definition) is 4. The van der Waals surface area contributed by atoms with Gasteiger partial charge >= 0.3 is 0 Å². The van der Waals surface area contributed by atoms with E-state index >= 15 is 0 Å². The maximum absolute atomic E-state index is 12.5. The van der Waals surface area contributed by atoms with Gasteiger partial charge in [-0.2, -0.15) is 0 Å². The molecule has 2 aromatic heterocycles. The van der Waals surface area contributed by atoms with Crippen LogP contribution in [0.2, 0.25) is 0 Å². The van der Waals surface area contributed by atoms with Crippen molar-refractivity contribution >= 4 is 5.91 Å². The number of imidazole rings is 1. The Morgan fingerprint density at radius 1 is 1.41 bits per heavy atom. The minimum Gasteiger partial charge on any atom is -0.347 e. The average molecular weight is 299 g/mol. The summed E-state index contributed by atoms with van der Waals surface area (Å²) in [5, 5.41) is 3.11. The largest absolute Gasteiger partial charge is 0.347 e. The molecule has 0 spiro atoms. The topological polar surface area (TPSA) is 72.7 Å². The number of amides is 1. The maximum atomic E-state index is 12.5. The Hall–Kier alpha value is -2.24. The lowest BCUT2D eigenvalue weighted by Gasteiger charge is -2.25. The van der Waals surface area contributed by atoms with E-state index in [1.54, 1.807) is 6.20 Å². The van der Waals surface area contributed by atoms with E-state index in [9.17, 15) is 4.79 Å². The number of carbonyl (C=O) groups excluding carboxylic acids is 1. The van der Waals surface area contributed by atoms with Crippen LogP contribution in [0.5, 0.6) is 0 Å². The molecule has 1 unspecified atom stereocenters. The van der Waals surface area contributed by atoms with Crippen molar-refractivity contribution in [1.82, 2.24) is 24.8 Å². The Morgan fingerprint density at radius 2 is 2.23 bits per heavy atom. The highest BCUT2D eigenvalue weighted by Crippen LogP contribution is 2.16. The van der Waals surface area contributed by atoms with Gasteiger partial charge in [0.1, 0.15) is 11.6 Å². The van der Waals surface area contributed by atoms with Crippen molar-refractivity contribution < 1.29 is 4.79 Å². The van der Waals surface area contributed by atoms with Gasteiger partial charge in [0.05, 0.1) is 17.0 Å². The Labute approximate surface area is 130 Å².